The second-order valence-electron chi connectivity index (χ2n) is 5.44. The zero-order chi connectivity index (χ0) is 19.9. The number of alkyl halides is 9. The van der Waals surface area contributed by atoms with Crippen LogP contribution in [0.2, 0.25) is 0 Å². The Labute approximate surface area is 135 Å². The van der Waals surface area contributed by atoms with Gasteiger partial charge in [-0.2, -0.15) is 39.5 Å². The molecule has 1 nitrogen and oxygen atoms in total. The molecule has 1 unspecified atom stereocenters. The molecule has 0 amide bonds. The van der Waals surface area contributed by atoms with E-state index in [1.165, 1.54) is 0 Å². The highest BCUT2D eigenvalue weighted by molar-refractivity contribution is 5.25. The molecule has 0 heterocycles. The lowest BCUT2D eigenvalue weighted by atomic mass is 9.85. The number of methoxy groups -OCH3 is 1. The van der Waals surface area contributed by atoms with Crippen LogP contribution in [0.3, 0.4) is 0 Å². The highest BCUT2D eigenvalue weighted by atomic mass is 19.4. The normalized spacial score (nSPS) is 16.6. The Bertz CT molecular complexity index is 610. The molecule has 0 aliphatic heterocycles. The molecule has 0 spiro atoms. The van der Waals surface area contributed by atoms with Gasteiger partial charge in [-0.1, -0.05) is 18.2 Å². The fraction of sp³-hybridized carbons (Fsp3) is 0.571. The molecule has 0 radical (unpaired) electrons. The van der Waals surface area contributed by atoms with Crippen molar-refractivity contribution in [3.8, 4) is 0 Å². The van der Waals surface area contributed by atoms with Gasteiger partial charge in [0, 0.05) is 12.7 Å². The minimum atomic E-state index is -7.01. The van der Waals surface area contributed by atoms with E-state index in [1.54, 1.807) is 0 Å². The first-order valence-corrected chi connectivity index (χ1v) is 6.54. The monoisotopic (exact) mass is 386 g/mol. The van der Waals surface area contributed by atoms with Gasteiger partial charge in [0.15, 0.2) is 0 Å². The molecule has 0 saturated heterocycles. The molecular formula is C14H12F10O. The highest BCUT2D eigenvalue weighted by Crippen LogP contribution is 2.56. The number of benzene rings is 1. The maximum atomic E-state index is 13.8. The lowest BCUT2D eigenvalue weighted by Gasteiger charge is -2.38. The Morgan fingerprint density at radius 1 is 0.840 bits per heavy atom. The fourth-order valence-corrected chi connectivity index (χ4v) is 2.11. The van der Waals surface area contributed by atoms with Crippen LogP contribution in [0.4, 0.5) is 43.9 Å². The van der Waals surface area contributed by atoms with Gasteiger partial charge in [-0.15, -0.1) is 0 Å². The third-order valence-corrected chi connectivity index (χ3v) is 3.66. The number of ether oxygens (including phenoxy) is 1. The number of halogens is 10. The van der Waals surface area contributed by atoms with E-state index in [2.05, 4.69) is 4.74 Å². The van der Waals surface area contributed by atoms with Crippen molar-refractivity contribution in [2.75, 3.05) is 7.11 Å². The largest absolute Gasteiger partial charge is 0.460 e. The molecule has 1 aromatic carbocycles. The predicted molar refractivity (Wildman–Crippen MR) is 66.3 cm³/mol. The standard InChI is InChI=1S/C14H12F10O/c1-10(25-2,8-5-3-4-6-9(8)15)7-11(16,17)12(18,19)13(20,21)14(22,23)24/h3-6H,7H2,1-2H3. The summed E-state index contributed by atoms with van der Waals surface area (Å²) in [5.41, 5.74) is -3.30. The van der Waals surface area contributed by atoms with Crippen molar-refractivity contribution in [3.63, 3.8) is 0 Å². The number of hydrogen-bond donors (Lipinski definition) is 0. The molecule has 11 heteroatoms. The van der Waals surface area contributed by atoms with Gasteiger partial charge >= 0.3 is 23.9 Å². The molecule has 0 aromatic heterocycles. The van der Waals surface area contributed by atoms with Crippen LogP contribution in [-0.2, 0) is 10.3 Å². The van der Waals surface area contributed by atoms with Crippen molar-refractivity contribution in [1.29, 1.82) is 0 Å². The third kappa shape index (κ3) is 3.56. The Balaban J connectivity index is 3.36. The molecule has 1 rings (SSSR count). The summed E-state index contributed by atoms with van der Waals surface area (Å²) in [6, 6.07) is 3.86. The van der Waals surface area contributed by atoms with Crippen LogP contribution in [-0.4, -0.2) is 31.1 Å². The van der Waals surface area contributed by atoms with Gasteiger partial charge in [0.05, 0.1) is 12.0 Å². The van der Waals surface area contributed by atoms with Crippen LogP contribution in [0.25, 0.3) is 0 Å². The summed E-state index contributed by atoms with van der Waals surface area (Å²) in [7, 11) is 0.697. The lowest BCUT2D eigenvalue weighted by molar-refractivity contribution is -0.400. The maximum Gasteiger partial charge on any atom is 0.460 e. The van der Waals surface area contributed by atoms with Crippen LogP contribution in [0.1, 0.15) is 18.9 Å². The van der Waals surface area contributed by atoms with Crippen LogP contribution in [0, 0.1) is 5.82 Å². The Kier molecular flexibility index (Phi) is 5.45. The van der Waals surface area contributed by atoms with Gasteiger partial charge in [-0.05, 0) is 13.0 Å². The molecule has 1 aromatic rings. The first-order chi connectivity index (χ1) is 11.0. The smallest absolute Gasteiger partial charge is 0.373 e. The highest BCUT2D eigenvalue weighted by Gasteiger charge is 2.82. The van der Waals surface area contributed by atoms with E-state index in [0.29, 0.717) is 14.0 Å². The van der Waals surface area contributed by atoms with E-state index in [0.717, 1.165) is 24.3 Å². The van der Waals surface area contributed by atoms with Crippen molar-refractivity contribution in [3.05, 3.63) is 35.6 Å². The van der Waals surface area contributed by atoms with Crippen LogP contribution in [0.15, 0.2) is 24.3 Å². The molecule has 0 fully saturated rings. The van der Waals surface area contributed by atoms with Crippen molar-refractivity contribution in [2.24, 2.45) is 0 Å². The summed E-state index contributed by atoms with van der Waals surface area (Å²) < 4.78 is 135. The molecule has 25 heavy (non-hydrogen) atoms. The topological polar surface area (TPSA) is 9.23 Å². The summed E-state index contributed by atoms with van der Waals surface area (Å²) in [6.45, 7) is 0.668. The van der Waals surface area contributed by atoms with Gasteiger partial charge in [-0.3, -0.25) is 0 Å². The quantitative estimate of drug-likeness (QED) is 0.583. The third-order valence-electron chi connectivity index (χ3n) is 3.66. The van der Waals surface area contributed by atoms with Gasteiger partial charge in [0.25, 0.3) is 0 Å². The zero-order valence-corrected chi connectivity index (χ0v) is 12.7. The summed E-state index contributed by atoms with van der Waals surface area (Å²) in [5.74, 6) is -20.9. The summed E-state index contributed by atoms with van der Waals surface area (Å²) in [6.07, 6.45) is -9.24. The van der Waals surface area contributed by atoms with Crippen molar-refractivity contribution >= 4 is 0 Å². The molecule has 0 saturated carbocycles. The van der Waals surface area contributed by atoms with Gasteiger partial charge in [-0.25, -0.2) is 4.39 Å². The Morgan fingerprint density at radius 3 is 1.72 bits per heavy atom. The number of hydrogen-bond acceptors (Lipinski definition) is 1. The average Bonchev–Trinajstić information content (AvgIpc) is 2.45. The first-order valence-electron chi connectivity index (χ1n) is 6.54. The van der Waals surface area contributed by atoms with Gasteiger partial charge in [0.2, 0.25) is 0 Å². The molecule has 0 aliphatic carbocycles. The predicted octanol–water partition coefficient (Wildman–Crippen LogP) is 5.55. The maximum absolute atomic E-state index is 13.8. The summed E-state index contributed by atoms with van der Waals surface area (Å²) in [4.78, 5) is 0. The van der Waals surface area contributed by atoms with E-state index in [4.69, 9.17) is 0 Å². The minimum Gasteiger partial charge on any atom is -0.373 e. The molecule has 0 bridgehead atoms. The Hall–Kier alpha value is -1.52. The molecular weight excluding hydrogens is 374 g/mol. The molecule has 0 aliphatic rings. The molecule has 144 valence electrons. The molecule has 1 atom stereocenters. The van der Waals surface area contributed by atoms with E-state index >= 15 is 0 Å². The zero-order valence-electron chi connectivity index (χ0n) is 12.7. The van der Waals surface area contributed by atoms with Crippen molar-refractivity contribution in [2.45, 2.75) is 42.9 Å². The average molecular weight is 386 g/mol. The second kappa shape index (κ2) is 6.33. The fourth-order valence-electron chi connectivity index (χ4n) is 2.11. The van der Waals surface area contributed by atoms with Crippen LogP contribution >= 0.6 is 0 Å². The van der Waals surface area contributed by atoms with E-state index in [-0.39, 0.29) is 0 Å². The van der Waals surface area contributed by atoms with Crippen LogP contribution < -0.4 is 0 Å². The second-order valence-corrected chi connectivity index (χ2v) is 5.44. The van der Waals surface area contributed by atoms with E-state index in [1.807, 2.05) is 0 Å². The lowest BCUT2D eigenvalue weighted by Crippen LogP contribution is -2.62. The SMILES string of the molecule is COC(C)(CC(F)(F)C(F)(F)C(F)(F)C(F)(F)F)c1ccccc1F. The van der Waals surface area contributed by atoms with Gasteiger partial charge in [0.1, 0.15) is 5.82 Å². The summed E-state index contributed by atoms with van der Waals surface area (Å²) >= 11 is 0. The van der Waals surface area contributed by atoms with E-state index in [9.17, 15) is 43.9 Å². The van der Waals surface area contributed by atoms with E-state index < -0.39 is 47.3 Å². The van der Waals surface area contributed by atoms with Crippen LogP contribution in [0.5, 0.6) is 0 Å². The summed E-state index contributed by atoms with van der Waals surface area (Å²) in [5, 5.41) is 0. The first kappa shape index (κ1) is 21.5. The number of rotatable bonds is 6. The van der Waals surface area contributed by atoms with Gasteiger partial charge < -0.3 is 4.74 Å². The molecule has 0 N–H and O–H groups in total. The minimum absolute atomic E-state index is 0.668. The van der Waals surface area contributed by atoms with Crippen molar-refractivity contribution < 1.29 is 48.6 Å². The Morgan fingerprint density at radius 2 is 1.32 bits per heavy atom. The van der Waals surface area contributed by atoms with Crippen molar-refractivity contribution in [1.82, 2.24) is 0 Å².